The Morgan fingerprint density at radius 1 is 1.30 bits per heavy atom. The van der Waals surface area contributed by atoms with Crippen molar-refractivity contribution >= 4 is 15.7 Å². The molecule has 0 saturated heterocycles. The lowest BCUT2D eigenvalue weighted by molar-refractivity contribution is -0.121. The second kappa shape index (κ2) is 5.95. The van der Waals surface area contributed by atoms with Crippen LogP contribution in [0.1, 0.15) is 31.7 Å². The molecule has 0 radical (unpaired) electrons. The summed E-state index contributed by atoms with van der Waals surface area (Å²) in [6.45, 7) is 3.65. The topological polar surface area (TPSA) is 63.2 Å². The molecule has 1 saturated carbocycles. The van der Waals surface area contributed by atoms with Gasteiger partial charge in [-0.1, -0.05) is 17.7 Å². The quantitative estimate of drug-likeness (QED) is 0.874. The average molecular weight is 295 g/mol. The number of rotatable bonds is 6. The standard InChI is InChI=1S/C15H21NO3S/c1-11-3-7-14(8-4-11)20(18,19)10-12(2)16-15(17)9-13-5-6-13/h3-4,7-8,12-13H,5-6,9-10H2,1-2H3,(H,16,17)/t12-/m0/s1. The number of hydrogen-bond acceptors (Lipinski definition) is 3. The van der Waals surface area contributed by atoms with Crippen LogP contribution in [0, 0.1) is 12.8 Å². The fourth-order valence-corrected chi connectivity index (χ4v) is 3.62. The molecule has 0 unspecified atom stereocenters. The van der Waals surface area contributed by atoms with Gasteiger partial charge in [0.25, 0.3) is 0 Å². The molecule has 0 aromatic heterocycles. The van der Waals surface area contributed by atoms with E-state index in [1.54, 1.807) is 31.2 Å². The van der Waals surface area contributed by atoms with E-state index in [0.717, 1.165) is 18.4 Å². The van der Waals surface area contributed by atoms with Crippen LogP contribution in [-0.2, 0) is 14.6 Å². The van der Waals surface area contributed by atoms with E-state index in [1.165, 1.54) is 0 Å². The molecule has 0 heterocycles. The van der Waals surface area contributed by atoms with E-state index in [1.807, 2.05) is 6.92 Å². The normalized spacial score (nSPS) is 16.7. The predicted molar refractivity (Wildman–Crippen MR) is 78.2 cm³/mol. The zero-order valence-corrected chi connectivity index (χ0v) is 12.7. The van der Waals surface area contributed by atoms with E-state index in [0.29, 0.717) is 17.2 Å². The number of hydrogen-bond donors (Lipinski definition) is 1. The Hall–Kier alpha value is -1.36. The van der Waals surface area contributed by atoms with Crippen LogP contribution in [0.3, 0.4) is 0 Å². The fraction of sp³-hybridized carbons (Fsp3) is 0.533. The lowest BCUT2D eigenvalue weighted by Gasteiger charge is -2.14. The largest absolute Gasteiger partial charge is 0.353 e. The molecule has 0 aliphatic heterocycles. The lowest BCUT2D eigenvalue weighted by atomic mass is 10.2. The van der Waals surface area contributed by atoms with Crippen LogP contribution in [0.4, 0.5) is 0 Å². The third-order valence-electron chi connectivity index (χ3n) is 3.43. The van der Waals surface area contributed by atoms with E-state index < -0.39 is 9.84 Å². The van der Waals surface area contributed by atoms with Crippen molar-refractivity contribution in [2.24, 2.45) is 5.92 Å². The fourth-order valence-electron chi connectivity index (χ4n) is 2.13. The molecule has 1 atom stereocenters. The highest BCUT2D eigenvalue weighted by Gasteiger charge is 2.26. The number of carbonyl (C=O) groups is 1. The van der Waals surface area contributed by atoms with Gasteiger partial charge in [-0.2, -0.15) is 0 Å². The summed E-state index contributed by atoms with van der Waals surface area (Å²) in [5.74, 6) is 0.405. The van der Waals surface area contributed by atoms with Gasteiger partial charge in [-0.25, -0.2) is 8.42 Å². The molecule has 1 fully saturated rings. The van der Waals surface area contributed by atoms with E-state index in [9.17, 15) is 13.2 Å². The van der Waals surface area contributed by atoms with Gasteiger partial charge in [0.05, 0.1) is 10.6 Å². The maximum Gasteiger partial charge on any atom is 0.220 e. The zero-order valence-electron chi connectivity index (χ0n) is 11.9. The second-order valence-corrected chi connectivity index (χ2v) is 7.74. The van der Waals surface area contributed by atoms with Gasteiger partial charge >= 0.3 is 0 Å². The van der Waals surface area contributed by atoms with Gasteiger partial charge in [0.15, 0.2) is 9.84 Å². The number of carbonyl (C=O) groups excluding carboxylic acids is 1. The Morgan fingerprint density at radius 2 is 1.90 bits per heavy atom. The molecule has 1 aliphatic rings. The summed E-state index contributed by atoms with van der Waals surface area (Å²) in [5, 5.41) is 2.77. The molecule has 1 amide bonds. The third kappa shape index (κ3) is 4.34. The van der Waals surface area contributed by atoms with Gasteiger partial charge in [-0.05, 0) is 44.7 Å². The lowest BCUT2D eigenvalue weighted by Crippen LogP contribution is -2.37. The van der Waals surface area contributed by atoms with Crippen molar-refractivity contribution < 1.29 is 13.2 Å². The van der Waals surface area contributed by atoms with Gasteiger partial charge < -0.3 is 5.32 Å². The van der Waals surface area contributed by atoms with Crippen molar-refractivity contribution in [1.82, 2.24) is 5.32 Å². The van der Waals surface area contributed by atoms with Crippen molar-refractivity contribution in [2.75, 3.05) is 5.75 Å². The summed E-state index contributed by atoms with van der Waals surface area (Å²) < 4.78 is 24.4. The molecule has 1 aliphatic carbocycles. The van der Waals surface area contributed by atoms with Gasteiger partial charge in [-0.3, -0.25) is 4.79 Å². The Bertz CT molecular complexity index is 574. The second-order valence-electron chi connectivity index (χ2n) is 5.71. The number of nitrogens with one attached hydrogen (secondary N) is 1. The Morgan fingerprint density at radius 3 is 2.45 bits per heavy atom. The van der Waals surface area contributed by atoms with Crippen LogP contribution >= 0.6 is 0 Å². The molecule has 0 spiro atoms. The highest BCUT2D eigenvalue weighted by atomic mass is 32.2. The minimum absolute atomic E-state index is 0.0425. The number of amides is 1. The Kier molecular flexibility index (Phi) is 4.48. The molecule has 1 aromatic carbocycles. The van der Waals surface area contributed by atoms with Crippen molar-refractivity contribution in [2.45, 2.75) is 44.0 Å². The maximum atomic E-state index is 12.2. The first-order chi connectivity index (χ1) is 9.37. The Labute approximate surface area is 120 Å². The SMILES string of the molecule is Cc1ccc(S(=O)(=O)C[C@H](C)NC(=O)CC2CC2)cc1. The van der Waals surface area contributed by atoms with E-state index in [2.05, 4.69) is 5.32 Å². The van der Waals surface area contributed by atoms with Crippen molar-refractivity contribution in [3.63, 3.8) is 0 Å². The third-order valence-corrected chi connectivity index (χ3v) is 5.36. The first kappa shape index (κ1) is 15.0. The predicted octanol–water partition coefficient (Wildman–Crippen LogP) is 2.07. The summed E-state index contributed by atoms with van der Waals surface area (Å²) in [7, 11) is -3.35. The van der Waals surface area contributed by atoms with Crippen LogP contribution in [0.15, 0.2) is 29.2 Å². The number of benzene rings is 1. The molecule has 0 bridgehead atoms. The van der Waals surface area contributed by atoms with E-state index in [4.69, 9.17) is 0 Å². The zero-order chi connectivity index (χ0) is 14.8. The average Bonchev–Trinajstić information content (AvgIpc) is 3.12. The summed E-state index contributed by atoms with van der Waals surface area (Å²) in [6.07, 6.45) is 2.75. The first-order valence-electron chi connectivity index (χ1n) is 6.95. The molecule has 2 rings (SSSR count). The van der Waals surface area contributed by atoms with Gasteiger partial charge in [-0.15, -0.1) is 0 Å². The summed E-state index contributed by atoms with van der Waals surface area (Å²) in [4.78, 5) is 12.0. The molecule has 4 nitrogen and oxygen atoms in total. The first-order valence-corrected chi connectivity index (χ1v) is 8.61. The van der Waals surface area contributed by atoms with Crippen LogP contribution < -0.4 is 5.32 Å². The van der Waals surface area contributed by atoms with Crippen LogP contribution in [0.5, 0.6) is 0 Å². The maximum absolute atomic E-state index is 12.2. The summed E-state index contributed by atoms with van der Waals surface area (Å²) >= 11 is 0. The molecular formula is C15H21NO3S. The molecule has 20 heavy (non-hydrogen) atoms. The molecule has 110 valence electrons. The molecule has 1 N–H and O–H groups in total. The smallest absolute Gasteiger partial charge is 0.220 e. The van der Waals surface area contributed by atoms with Gasteiger partial charge in [0.2, 0.25) is 5.91 Å². The minimum atomic E-state index is -3.35. The molecule has 1 aromatic rings. The van der Waals surface area contributed by atoms with Crippen LogP contribution in [0.2, 0.25) is 0 Å². The van der Waals surface area contributed by atoms with Crippen molar-refractivity contribution in [3.05, 3.63) is 29.8 Å². The number of aryl methyl sites for hydroxylation is 1. The van der Waals surface area contributed by atoms with Gasteiger partial charge in [0, 0.05) is 12.5 Å². The molecular weight excluding hydrogens is 274 g/mol. The summed E-state index contributed by atoms with van der Waals surface area (Å²) in [5.41, 5.74) is 1.02. The Balaban J connectivity index is 1.92. The van der Waals surface area contributed by atoms with Gasteiger partial charge in [0.1, 0.15) is 0 Å². The van der Waals surface area contributed by atoms with Crippen molar-refractivity contribution in [1.29, 1.82) is 0 Å². The van der Waals surface area contributed by atoms with Crippen LogP contribution in [0.25, 0.3) is 0 Å². The number of sulfone groups is 1. The highest BCUT2D eigenvalue weighted by molar-refractivity contribution is 7.91. The monoisotopic (exact) mass is 295 g/mol. The van der Waals surface area contributed by atoms with Crippen LogP contribution in [-0.4, -0.2) is 26.1 Å². The van der Waals surface area contributed by atoms with Crippen molar-refractivity contribution in [3.8, 4) is 0 Å². The van der Waals surface area contributed by atoms with E-state index in [-0.39, 0.29) is 17.7 Å². The molecule has 5 heteroatoms. The van der Waals surface area contributed by atoms with E-state index >= 15 is 0 Å². The minimum Gasteiger partial charge on any atom is -0.353 e. The summed E-state index contributed by atoms with van der Waals surface area (Å²) in [6, 6.07) is 6.42. The highest BCUT2D eigenvalue weighted by Crippen LogP contribution is 2.32.